The van der Waals surface area contributed by atoms with Crippen LogP contribution in [0.2, 0.25) is 0 Å². The number of unbranched alkanes of at least 4 members (excludes halogenated alkanes) is 1. The molecule has 2 N–H and O–H groups in total. The summed E-state index contributed by atoms with van der Waals surface area (Å²) < 4.78 is 128. The van der Waals surface area contributed by atoms with Crippen LogP contribution in [0.5, 0.6) is 5.75 Å². The third-order valence-electron chi connectivity index (χ3n) is 13.3. The summed E-state index contributed by atoms with van der Waals surface area (Å²) in [5.74, 6) is -5.67. The highest BCUT2D eigenvalue weighted by atomic mass is 32.1. The molecule has 7 rings (SSSR count). The smallest absolute Gasteiger partial charge is 0.420 e. The van der Waals surface area contributed by atoms with E-state index >= 15 is 8.78 Å². The molecule has 0 spiro atoms. The lowest BCUT2D eigenvalue weighted by molar-refractivity contribution is -0.144. The summed E-state index contributed by atoms with van der Waals surface area (Å²) in [4.78, 5) is 66.6. The van der Waals surface area contributed by atoms with Gasteiger partial charge < -0.3 is 29.9 Å². The molecule has 5 aromatic rings. The number of anilines is 2. The van der Waals surface area contributed by atoms with Gasteiger partial charge in [0, 0.05) is 18.7 Å². The molecule has 3 aromatic carbocycles. The average molecular weight is 1130 g/mol. The van der Waals surface area contributed by atoms with E-state index < -0.39 is 110 Å². The average Bonchev–Trinajstić information content (AvgIpc) is 4.09. The summed E-state index contributed by atoms with van der Waals surface area (Å²) in [6.07, 6.45) is -7.89. The number of aromatic nitrogens is 2. The van der Waals surface area contributed by atoms with E-state index in [4.69, 9.17) is 21.7 Å². The maximum Gasteiger partial charge on any atom is 0.420 e. The normalized spacial score (nSPS) is 16.5. The minimum atomic E-state index is -5.36. The van der Waals surface area contributed by atoms with E-state index in [2.05, 4.69) is 20.6 Å². The Morgan fingerprint density at radius 3 is 2.23 bits per heavy atom. The van der Waals surface area contributed by atoms with Gasteiger partial charge in [-0.2, -0.15) is 31.6 Å². The first-order valence-corrected chi connectivity index (χ1v) is 25.8. The molecule has 414 valence electrons. The van der Waals surface area contributed by atoms with E-state index in [0.29, 0.717) is 49.3 Å². The Morgan fingerprint density at radius 1 is 0.936 bits per heavy atom. The van der Waals surface area contributed by atoms with Crippen LogP contribution >= 0.6 is 23.6 Å². The zero-order chi connectivity index (χ0) is 57.2. The lowest BCUT2D eigenvalue weighted by Crippen LogP contribution is -2.58. The van der Waals surface area contributed by atoms with Crippen molar-refractivity contribution in [2.75, 3.05) is 36.2 Å². The molecule has 78 heavy (non-hydrogen) atoms. The molecule has 0 aliphatic carbocycles. The summed E-state index contributed by atoms with van der Waals surface area (Å²) in [6, 6.07) is 12.0. The fourth-order valence-electron chi connectivity index (χ4n) is 9.20. The Balaban J connectivity index is 0.908. The Kier molecular flexibility index (Phi) is 17.3. The molecule has 2 aliphatic rings. The molecule has 4 heterocycles. The first-order chi connectivity index (χ1) is 36.6. The van der Waals surface area contributed by atoms with Gasteiger partial charge in [0.25, 0.3) is 5.91 Å². The monoisotopic (exact) mass is 1130 g/mol. The van der Waals surface area contributed by atoms with Crippen LogP contribution in [0.1, 0.15) is 101 Å². The van der Waals surface area contributed by atoms with Gasteiger partial charge in [-0.25, -0.2) is 13.8 Å². The fourth-order valence-corrected chi connectivity index (χ4v) is 10.5. The second kappa shape index (κ2) is 23.1. The van der Waals surface area contributed by atoms with Crippen molar-refractivity contribution in [3.8, 4) is 33.5 Å². The van der Waals surface area contributed by atoms with Gasteiger partial charge in [-0.3, -0.25) is 29.1 Å². The summed E-state index contributed by atoms with van der Waals surface area (Å²) in [7, 11) is 0. The number of thiazole rings is 1. The maximum atomic E-state index is 15.5. The molecule has 14 nitrogen and oxygen atoms in total. The summed E-state index contributed by atoms with van der Waals surface area (Å²) in [5.41, 5.74) is -4.90. The Labute approximate surface area is 453 Å². The number of carbonyl (C=O) groups excluding carboxylic acids is 4. The van der Waals surface area contributed by atoms with Crippen LogP contribution in [-0.2, 0) is 36.3 Å². The van der Waals surface area contributed by atoms with Gasteiger partial charge in [0.1, 0.15) is 29.8 Å². The molecule has 2 aromatic heterocycles. The number of rotatable bonds is 17. The number of alkyl halides is 6. The Morgan fingerprint density at radius 2 is 1.62 bits per heavy atom. The maximum absolute atomic E-state index is 15.5. The lowest BCUT2D eigenvalue weighted by Gasteiger charge is -2.35. The van der Waals surface area contributed by atoms with Gasteiger partial charge in [0.15, 0.2) is 22.5 Å². The third kappa shape index (κ3) is 12.4. The van der Waals surface area contributed by atoms with Crippen molar-refractivity contribution in [2.24, 2.45) is 5.41 Å². The number of aryl methyl sites for hydroxylation is 1. The molecule has 2 unspecified atom stereocenters. The minimum Gasteiger partial charge on any atom is -0.491 e. The number of nitriles is 1. The van der Waals surface area contributed by atoms with E-state index in [1.807, 2.05) is 38.1 Å². The van der Waals surface area contributed by atoms with Crippen molar-refractivity contribution in [3.63, 3.8) is 0 Å². The van der Waals surface area contributed by atoms with E-state index in [9.17, 15) is 50.8 Å². The van der Waals surface area contributed by atoms with Crippen LogP contribution in [0, 0.1) is 35.3 Å². The van der Waals surface area contributed by atoms with Gasteiger partial charge in [-0.15, -0.1) is 11.3 Å². The van der Waals surface area contributed by atoms with Crippen LogP contribution < -0.4 is 25.2 Å². The number of halogens is 8. The molecule has 2 aliphatic heterocycles. The molecular formula is C54H54F8N8O6S2. The predicted molar refractivity (Wildman–Crippen MR) is 278 cm³/mol. The summed E-state index contributed by atoms with van der Waals surface area (Å²) >= 11 is 6.91. The standard InChI is InChI=1S/C54H54F8N8O6S2/c1-29(31-12-14-32(15-13-31)45-30(2)65-28-78-45)66-47(72)39-11-10-20-68(39)48(73)46(51(3,4)5)67-41(71)27-75-21-8-9-22-76-40-19-17-33(23-37(40)55)44-36(53(57,58)59)24-35(26-64-44)70-50(77)69(49(74)52(70,6)7)38-18-16-34(25-63)42(43(38)56)54(60,61)62/h12-19,23-24,26,28-29,39,46H,8-11,20-22,27H2,1-7H3,(H,66,72)(H,67,71)/t29-,39?,46?/m0/s1. The minimum absolute atomic E-state index is 0.0544. The largest absolute Gasteiger partial charge is 0.491 e. The molecule has 0 bridgehead atoms. The van der Waals surface area contributed by atoms with Gasteiger partial charge in [0.05, 0.1) is 69.2 Å². The van der Waals surface area contributed by atoms with E-state index in [1.165, 1.54) is 24.8 Å². The van der Waals surface area contributed by atoms with E-state index in [-0.39, 0.29) is 36.5 Å². The van der Waals surface area contributed by atoms with Crippen LogP contribution in [0.4, 0.5) is 46.5 Å². The highest BCUT2D eigenvalue weighted by molar-refractivity contribution is 7.81. The summed E-state index contributed by atoms with van der Waals surface area (Å²) in [6.45, 7) is 11.6. The number of ether oxygens (including phenoxy) is 2. The lowest BCUT2D eigenvalue weighted by atomic mass is 9.85. The van der Waals surface area contributed by atoms with E-state index in [0.717, 1.165) is 57.1 Å². The fraction of sp³-hybridized carbons (Fsp3) is 0.407. The number of nitrogens with zero attached hydrogens (tertiary/aromatic N) is 6. The highest BCUT2D eigenvalue weighted by Gasteiger charge is 2.53. The van der Waals surface area contributed by atoms with Gasteiger partial charge in [-0.05, 0) is 119 Å². The molecule has 24 heteroatoms. The van der Waals surface area contributed by atoms with Crippen LogP contribution in [0.15, 0.2) is 72.4 Å². The second-order valence-electron chi connectivity index (χ2n) is 20.3. The van der Waals surface area contributed by atoms with Crippen molar-refractivity contribution in [2.45, 2.75) is 110 Å². The van der Waals surface area contributed by atoms with Crippen molar-refractivity contribution in [3.05, 3.63) is 112 Å². The quantitative estimate of drug-likeness (QED) is 0.0516. The zero-order valence-electron chi connectivity index (χ0n) is 43.3. The number of likely N-dealkylation sites (tertiary alicyclic amines) is 1. The molecule has 2 saturated heterocycles. The van der Waals surface area contributed by atoms with Gasteiger partial charge in [-0.1, -0.05) is 45.0 Å². The first-order valence-electron chi connectivity index (χ1n) is 24.5. The zero-order valence-corrected chi connectivity index (χ0v) is 44.9. The number of thiocarbonyl (C=S) groups is 1. The SMILES string of the molecule is Cc1ncsc1-c1ccc([C@H](C)NC(=O)C2CCCN2C(=O)C(NC(=O)COCCCCOc2ccc(-c3ncc(N4C(=S)N(c5ccc(C#N)c(C(F)(F)F)c5F)C(=O)C4(C)C)cc3C(F)(F)F)cc2F)C(C)(C)C)cc1. The molecule has 0 radical (unpaired) electrons. The Hall–Kier alpha value is -7.10. The van der Waals surface area contributed by atoms with Gasteiger partial charge in [0.2, 0.25) is 17.7 Å². The Bertz CT molecular complexity index is 3150. The topological polar surface area (TPSA) is 170 Å². The van der Waals surface area contributed by atoms with E-state index in [1.54, 1.807) is 37.6 Å². The van der Waals surface area contributed by atoms with Crippen LogP contribution in [0.25, 0.3) is 21.7 Å². The van der Waals surface area contributed by atoms with Crippen molar-refractivity contribution >= 4 is 63.7 Å². The third-order valence-corrected chi connectivity index (χ3v) is 14.6. The van der Waals surface area contributed by atoms with Gasteiger partial charge >= 0.3 is 12.4 Å². The number of carbonyl (C=O) groups is 4. The summed E-state index contributed by atoms with van der Waals surface area (Å²) in [5, 5.41) is 14.3. The van der Waals surface area contributed by atoms with Crippen LogP contribution in [-0.4, -0.2) is 87.6 Å². The predicted octanol–water partition coefficient (Wildman–Crippen LogP) is 10.9. The van der Waals surface area contributed by atoms with Crippen molar-refractivity contribution in [1.82, 2.24) is 25.5 Å². The number of hydrogen-bond acceptors (Lipinski definition) is 11. The van der Waals surface area contributed by atoms with Crippen LogP contribution in [0.3, 0.4) is 0 Å². The number of amides is 4. The number of benzene rings is 3. The molecule has 0 saturated carbocycles. The van der Waals surface area contributed by atoms with Crippen molar-refractivity contribution < 1.29 is 63.8 Å². The molecule has 2 fully saturated rings. The number of hydrogen-bond donors (Lipinski definition) is 2. The highest BCUT2D eigenvalue weighted by Crippen LogP contribution is 2.45. The van der Waals surface area contributed by atoms with Crippen molar-refractivity contribution in [1.29, 1.82) is 5.26 Å². The molecule has 4 amide bonds. The molecular weight excluding hydrogens is 1070 g/mol. The molecule has 3 atom stereocenters. The number of pyridine rings is 1. The second-order valence-corrected chi connectivity index (χ2v) is 21.5. The number of nitrogens with one attached hydrogen (secondary N) is 2. The first kappa shape index (κ1) is 58.6.